The number of benzene rings is 3. The summed E-state index contributed by atoms with van der Waals surface area (Å²) < 4.78 is 5.50. The Morgan fingerprint density at radius 3 is 1.97 bits per heavy atom. The molecule has 4 rings (SSSR count). The van der Waals surface area contributed by atoms with Crippen molar-refractivity contribution in [1.82, 2.24) is 0 Å². The Balaban J connectivity index is 1.50. The second-order valence-corrected chi connectivity index (χ2v) is 7.47. The van der Waals surface area contributed by atoms with Crippen molar-refractivity contribution in [2.24, 2.45) is 0 Å². The zero-order valence-electron chi connectivity index (χ0n) is 17.8. The molecule has 1 amide bonds. The lowest BCUT2D eigenvalue weighted by atomic mass is 10.1. The monoisotopic (exact) mass is 431 g/mol. The molecular weight excluding hydrogens is 406 g/mol. The van der Waals surface area contributed by atoms with Crippen molar-refractivity contribution in [1.29, 1.82) is 0 Å². The first-order chi connectivity index (χ1) is 15.6. The smallest absolute Gasteiger partial charge is 0.336 e. The summed E-state index contributed by atoms with van der Waals surface area (Å²) in [5, 5.41) is 12.3. The number of amides is 1. The molecule has 164 valence electrons. The number of nitrogens with zero attached hydrogens (tertiary/aromatic N) is 2. The predicted molar refractivity (Wildman–Crippen MR) is 125 cm³/mol. The van der Waals surface area contributed by atoms with Crippen LogP contribution in [0.1, 0.15) is 20.7 Å². The molecule has 0 atom stereocenters. The Labute approximate surface area is 186 Å². The molecule has 3 aromatic carbocycles. The van der Waals surface area contributed by atoms with E-state index in [9.17, 15) is 14.7 Å². The number of hydrogen-bond donors (Lipinski definition) is 2. The van der Waals surface area contributed by atoms with Gasteiger partial charge in [-0.25, -0.2) is 4.79 Å². The second kappa shape index (κ2) is 9.43. The number of carbonyl (C=O) groups excluding carboxylic acids is 1. The number of anilines is 3. The Hall–Kier alpha value is -4.00. The lowest BCUT2D eigenvalue weighted by Crippen LogP contribution is -2.46. The minimum Gasteiger partial charge on any atom is -0.495 e. The van der Waals surface area contributed by atoms with Crippen molar-refractivity contribution in [2.45, 2.75) is 0 Å². The molecule has 2 N–H and O–H groups in total. The molecule has 0 radical (unpaired) electrons. The highest BCUT2D eigenvalue weighted by Crippen LogP contribution is 2.31. The van der Waals surface area contributed by atoms with Crippen LogP contribution >= 0.6 is 0 Å². The zero-order chi connectivity index (χ0) is 22.5. The van der Waals surface area contributed by atoms with Crippen LogP contribution in [0, 0.1) is 0 Å². The number of carbonyl (C=O) groups is 2. The summed E-state index contributed by atoms with van der Waals surface area (Å²) in [7, 11) is 1.68. The SMILES string of the molecule is COc1ccccc1N1CCN(c2ccccc2NC(=O)c2ccccc2C(=O)O)CC1. The first kappa shape index (κ1) is 21.2. The Morgan fingerprint density at radius 1 is 0.781 bits per heavy atom. The molecule has 7 nitrogen and oxygen atoms in total. The van der Waals surface area contributed by atoms with E-state index < -0.39 is 11.9 Å². The number of carboxylic acids is 1. The van der Waals surface area contributed by atoms with Gasteiger partial charge in [-0.3, -0.25) is 4.79 Å². The molecule has 0 saturated carbocycles. The maximum atomic E-state index is 12.9. The maximum Gasteiger partial charge on any atom is 0.336 e. The van der Waals surface area contributed by atoms with Crippen LogP contribution in [0.4, 0.5) is 17.1 Å². The Bertz CT molecular complexity index is 1120. The van der Waals surface area contributed by atoms with Crippen LogP contribution in [0.25, 0.3) is 0 Å². The van der Waals surface area contributed by atoms with Gasteiger partial charge in [-0.05, 0) is 36.4 Å². The molecule has 7 heteroatoms. The molecule has 1 heterocycles. The van der Waals surface area contributed by atoms with E-state index in [1.807, 2.05) is 42.5 Å². The number of nitrogens with one attached hydrogen (secondary N) is 1. The third-order valence-electron chi connectivity index (χ3n) is 5.60. The van der Waals surface area contributed by atoms with Gasteiger partial charge in [0.1, 0.15) is 5.75 Å². The summed E-state index contributed by atoms with van der Waals surface area (Å²) >= 11 is 0. The van der Waals surface area contributed by atoms with Crippen LogP contribution in [-0.4, -0.2) is 50.3 Å². The number of carboxylic acid groups (broad SMARTS) is 1. The van der Waals surface area contributed by atoms with Crippen LogP contribution in [-0.2, 0) is 0 Å². The lowest BCUT2D eigenvalue weighted by Gasteiger charge is -2.38. The second-order valence-electron chi connectivity index (χ2n) is 7.47. The summed E-state index contributed by atoms with van der Waals surface area (Å²) in [6, 6.07) is 21.8. The van der Waals surface area contributed by atoms with Gasteiger partial charge >= 0.3 is 5.97 Å². The third-order valence-corrected chi connectivity index (χ3v) is 5.60. The van der Waals surface area contributed by atoms with Gasteiger partial charge in [0.2, 0.25) is 0 Å². The summed E-state index contributed by atoms with van der Waals surface area (Å²) in [6.07, 6.45) is 0. The Kier molecular flexibility index (Phi) is 6.26. The molecular formula is C25H25N3O4. The van der Waals surface area contributed by atoms with Crippen molar-refractivity contribution in [3.63, 3.8) is 0 Å². The predicted octanol–water partition coefficient (Wildman–Crippen LogP) is 3.97. The normalized spacial score (nSPS) is 13.5. The molecule has 0 aromatic heterocycles. The average Bonchev–Trinajstić information content (AvgIpc) is 2.84. The minimum absolute atomic E-state index is 0.0205. The molecule has 3 aromatic rings. The van der Waals surface area contributed by atoms with Gasteiger partial charge in [-0.1, -0.05) is 36.4 Å². The number of ether oxygens (including phenoxy) is 1. The Morgan fingerprint density at radius 2 is 1.31 bits per heavy atom. The van der Waals surface area contributed by atoms with E-state index in [1.165, 1.54) is 12.1 Å². The summed E-state index contributed by atoms with van der Waals surface area (Å²) in [6.45, 7) is 3.17. The largest absolute Gasteiger partial charge is 0.495 e. The van der Waals surface area contributed by atoms with Gasteiger partial charge in [-0.2, -0.15) is 0 Å². The molecule has 1 fully saturated rings. The van der Waals surface area contributed by atoms with Crippen molar-refractivity contribution in [2.75, 3.05) is 48.4 Å². The summed E-state index contributed by atoms with van der Waals surface area (Å²) in [4.78, 5) is 28.9. The molecule has 0 aliphatic carbocycles. The van der Waals surface area contributed by atoms with Crippen LogP contribution in [0.15, 0.2) is 72.8 Å². The van der Waals surface area contributed by atoms with Gasteiger partial charge in [0.05, 0.1) is 35.3 Å². The molecule has 1 aliphatic heterocycles. The highest BCUT2D eigenvalue weighted by molar-refractivity contribution is 6.11. The molecule has 0 unspecified atom stereocenters. The fraction of sp³-hybridized carbons (Fsp3) is 0.200. The number of hydrogen-bond acceptors (Lipinski definition) is 5. The highest BCUT2D eigenvalue weighted by Gasteiger charge is 2.22. The van der Waals surface area contributed by atoms with Gasteiger partial charge in [0.15, 0.2) is 0 Å². The standard InChI is InChI=1S/C25H25N3O4/c1-32-23-13-7-6-12-22(23)28-16-14-27(15-17-28)21-11-5-4-10-20(21)26-24(29)18-8-2-3-9-19(18)25(30)31/h2-13H,14-17H2,1H3,(H,26,29)(H,30,31). The zero-order valence-corrected chi connectivity index (χ0v) is 17.8. The lowest BCUT2D eigenvalue weighted by molar-refractivity contribution is 0.0692. The highest BCUT2D eigenvalue weighted by atomic mass is 16.5. The van der Waals surface area contributed by atoms with Crippen molar-refractivity contribution in [3.05, 3.63) is 83.9 Å². The minimum atomic E-state index is -1.13. The number of piperazine rings is 1. The molecule has 0 bridgehead atoms. The van der Waals surface area contributed by atoms with E-state index in [-0.39, 0.29) is 11.1 Å². The maximum absolute atomic E-state index is 12.9. The van der Waals surface area contributed by atoms with Gasteiger partial charge in [0.25, 0.3) is 5.91 Å². The number of methoxy groups -OCH3 is 1. The average molecular weight is 431 g/mol. The third kappa shape index (κ3) is 4.37. The summed E-state index contributed by atoms with van der Waals surface area (Å²) in [5.74, 6) is -0.717. The van der Waals surface area contributed by atoms with Gasteiger partial charge in [0, 0.05) is 26.2 Å². The topological polar surface area (TPSA) is 82.1 Å². The quantitative estimate of drug-likeness (QED) is 0.615. The van der Waals surface area contributed by atoms with Crippen LogP contribution in [0.2, 0.25) is 0 Å². The van der Waals surface area contributed by atoms with Crippen molar-refractivity contribution >= 4 is 28.9 Å². The van der Waals surface area contributed by atoms with Crippen molar-refractivity contribution < 1.29 is 19.4 Å². The fourth-order valence-electron chi connectivity index (χ4n) is 3.99. The number of para-hydroxylation sites is 4. The first-order valence-corrected chi connectivity index (χ1v) is 10.4. The number of aromatic carboxylic acids is 1. The molecule has 1 aliphatic rings. The molecule has 0 spiro atoms. The van der Waals surface area contributed by atoms with Gasteiger partial charge in [-0.15, -0.1) is 0 Å². The van der Waals surface area contributed by atoms with E-state index in [2.05, 4.69) is 21.2 Å². The van der Waals surface area contributed by atoms with E-state index in [1.54, 1.807) is 19.2 Å². The van der Waals surface area contributed by atoms with Crippen LogP contribution in [0.3, 0.4) is 0 Å². The summed E-state index contributed by atoms with van der Waals surface area (Å²) in [5.41, 5.74) is 2.75. The molecule has 1 saturated heterocycles. The van der Waals surface area contributed by atoms with Crippen molar-refractivity contribution in [3.8, 4) is 5.75 Å². The number of rotatable bonds is 6. The van der Waals surface area contributed by atoms with Gasteiger partial charge < -0.3 is 25.0 Å². The van der Waals surface area contributed by atoms with Crippen LogP contribution in [0.5, 0.6) is 5.75 Å². The van der Waals surface area contributed by atoms with Crippen LogP contribution < -0.4 is 19.9 Å². The molecule has 32 heavy (non-hydrogen) atoms. The fourth-order valence-corrected chi connectivity index (χ4v) is 3.99. The van der Waals surface area contributed by atoms with E-state index in [4.69, 9.17) is 4.74 Å². The van der Waals surface area contributed by atoms with E-state index in [0.29, 0.717) is 5.69 Å². The van der Waals surface area contributed by atoms with E-state index >= 15 is 0 Å². The first-order valence-electron chi connectivity index (χ1n) is 10.4. The van der Waals surface area contributed by atoms with E-state index in [0.717, 1.165) is 43.3 Å².